The van der Waals surface area contributed by atoms with Crippen molar-refractivity contribution >= 4 is 34.6 Å². The number of hydrogen-bond donors (Lipinski definition) is 1. The van der Waals surface area contributed by atoms with Crippen molar-refractivity contribution in [1.82, 2.24) is 0 Å². The van der Waals surface area contributed by atoms with Gasteiger partial charge >= 0.3 is 0 Å². The number of ether oxygens (including phenoxy) is 1. The van der Waals surface area contributed by atoms with E-state index in [9.17, 15) is 14.9 Å². The SMILES string of the molecule is CCCOc1ccc(Cl)cc1NC(=O)c1cc([N+](=O)[O-])ccc1N(C)C. The van der Waals surface area contributed by atoms with E-state index in [4.69, 9.17) is 16.3 Å². The van der Waals surface area contributed by atoms with Gasteiger partial charge in [0.25, 0.3) is 11.6 Å². The van der Waals surface area contributed by atoms with Gasteiger partial charge < -0.3 is 15.0 Å². The summed E-state index contributed by atoms with van der Waals surface area (Å²) in [6, 6.07) is 9.08. The third kappa shape index (κ3) is 4.64. The van der Waals surface area contributed by atoms with Crippen molar-refractivity contribution in [2.75, 3.05) is 30.9 Å². The standard InChI is InChI=1S/C18H20ClN3O4/c1-4-9-26-17-8-5-12(19)10-15(17)20-18(23)14-11-13(22(24)25)6-7-16(14)21(2)3/h5-8,10-11H,4,9H2,1-3H3,(H,20,23). The highest BCUT2D eigenvalue weighted by Gasteiger charge is 2.19. The van der Waals surface area contributed by atoms with E-state index in [1.165, 1.54) is 12.1 Å². The molecule has 8 heteroatoms. The van der Waals surface area contributed by atoms with Gasteiger partial charge in [-0.1, -0.05) is 18.5 Å². The maximum Gasteiger partial charge on any atom is 0.270 e. The van der Waals surface area contributed by atoms with Crippen LogP contribution < -0.4 is 15.0 Å². The minimum atomic E-state index is -0.536. The van der Waals surface area contributed by atoms with E-state index in [1.54, 1.807) is 43.3 Å². The molecule has 7 nitrogen and oxygen atoms in total. The second kappa shape index (κ2) is 8.53. The molecule has 0 heterocycles. The Labute approximate surface area is 156 Å². The second-order valence-corrected chi connectivity index (χ2v) is 6.23. The van der Waals surface area contributed by atoms with Crippen molar-refractivity contribution in [2.24, 2.45) is 0 Å². The largest absolute Gasteiger partial charge is 0.491 e. The van der Waals surface area contributed by atoms with E-state index in [0.29, 0.717) is 28.8 Å². The van der Waals surface area contributed by atoms with Gasteiger partial charge in [-0.2, -0.15) is 0 Å². The molecule has 0 fully saturated rings. The summed E-state index contributed by atoms with van der Waals surface area (Å²) >= 11 is 6.02. The highest BCUT2D eigenvalue weighted by atomic mass is 35.5. The number of hydrogen-bond acceptors (Lipinski definition) is 5. The zero-order chi connectivity index (χ0) is 19.3. The molecule has 0 aliphatic carbocycles. The number of non-ortho nitro benzene ring substituents is 1. The molecule has 2 aromatic carbocycles. The smallest absolute Gasteiger partial charge is 0.270 e. The minimum Gasteiger partial charge on any atom is -0.491 e. The molecule has 0 aliphatic rings. The lowest BCUT2D eigenvalue weighted by Gasteiger charge is -2.18. The number of rotatable bonds is 7. The predicted molar refractivity (Wildman–Crippen MR) is 103 cm³/mol. The molecule has 1 amide bonds. The first-order chi connectivity index (χ1) is 12.3. The van der Waals surface area contributed by atoms with Crippen molar-refractivity contribution in [1.29, 1.82) is 0 Å². The van der Waals surface area contributed by atoms with Gasteiger partial charge in [-0.3, -0.25) is 14.9 Å². The van der Waals surface area contributed by atoms with Crippen LogP contribution in [-0.2, 0) is 0 Å². The summed E-state index contributed by atoms with van der Waals surface area (Å²) in [4.78, 5) is 25.0. The first-order valence-electron chi connectivity index (χ1n) is 8.03. The van der Waals surface area contributed by atoms with Gasteiger partial charge in [-0.05, 0) is 30.7 Å². The molecule has 1 N–H and O–H groups in total. The Morgan fingerprint density at radius 3 is 2.62 bits per heavy atom. The molecule has 26 heavy (non-hydrogen) atoms. The summed E-state index contributed by atoms with van der Waals surface area (Å²) in [5, 5.41) is 14.2. The summed E-state index contributed by atoms with van der Waals surface area (Å²) in [7, 11) is 3.51. The number of nitro benzene ring substituents is 1. The van der Waals surface area contributed by atoms with Crippen molar-refractivity contribution in [2.45, 2.75) is 13.3 Å². The van der Waals surface area contributed by atoms with Crippen LogP contribution in [-0.4, -0.2) is 31.5 Å². The van der Waals surface area contributed by atoms with E-state index >= 15 is 0 Å². The Kier molecular flexibility index (Phi) is 6.41. The van der Waals surface area contributed by atoms with Gasteiger partial charge in [0.15, 0.2) is 0 Å². The van der Waals surface area contributed by atoms with Gasteiger partial charge in [0.2, 0.25) is 0 Å². The van der Waals surface area contributed by atoms with E-state index < -0.39 is 10.8 Å². The molecule has 0 saturated carbocycles. The van der Waals surface area contributed by atoms with Crippen molar-refractivity contribution in [3.63, 3.8) is 0 Å². The summed E-state index contributed by atoms with van der Waals surface area (Å²) in [6.07, 6.45) is 0.811. The van der Waals surface area contributed by atoms with Crippen LogP contribution in [0.5, 0.6) is 5.75 Å². The summed E-state index contributed by atoms with van der Waals surface area (Å²) in [5.41, 5.74) is 0.998. The zero-order valence-corrected chi connectivity index (χ0v) is 15.5. The van der Waals surface area contributed by atoms with Gasteiger partial charge in [-0.25, -0.2) is 0 Å². The first kappa shape index (κ1) is 19.5. The van der Waals surface area contributed by atoms with Crippen LogP contribution in [0.3, 0.4) is 0 Å². The number of carbonyl (C=O) groups is 1. The molecule has 2 rings (SSSR count). The maximum atomic E-state index is 12.8. The van der Waals surface area contributed by atoms with Crippen LogP contribution in [0.25, 0.3) is 0 Å². The van der Waals surface area contributed by atoms with Crippen molar-refractivity contribution < 1.29 is 14.5 Å². The summed E-state index contributed by atoms with van der Waals surface area (Å²) in [6.45, 7) is 2.46. The third-order valence-electron chi connectivity index (χ3n) is 3.57. The van der Waals surface area contributed by atoms with Crippen LogP contribution in [0.1, 0.15) is 23.7 Å². The molecule has 0 spiro atoms. The van der Waals surface area contributed by atoms with E-state index in [-0.39, 0.29) is 11.3 Å². The highest BCUT2D eigenvalue weighted by molar-refractivity contribution is 6.31. The summed E-state index contributed by atoms with van der Waals surface area (Å²) < 4.78 is 5.63. The molecule has 0 aliphatic heterocycles. The first-order valence-corrected chi connectivity index (χ1v) is 8.40. The lowest BCUT2D eigenvalue weighted by Crippen LogP contribution is -2.19. The number of amides is 1. The van der Waals surface area contributed by atoms with E-state index in [0.717, 1.165) is 6.42 Å². The van der Waals surface area contributed by atoms with Crippen LogP contribution in [0.15, 0.2) is 36.4 Å². The lowest BCUT2D eigenvalue weighted by atomic mass is 10.1. The van der Waals surface area contributed by atoms with E-state index in [1.807, 2.05) is 6.92 Å². The Balaban J connectivity index is 2.39. The molecule has 2 aromatic rings. The zero-order valence-electron chi connectivity index (χ0n) is 14.8. The van der Waals surface area contributed by atoms with Crippen LogP contribution in [0, 0.1) is 10.1 Å². The molecule has 138 valence electrons. The van der Waals surface area contributed by atoms with Gasteiger partial charge in [0.05, 0.1) is 22.8 Å². The van der Waals surface area contributed by atoms with Gasteiger partial charge in [-0.15, -0.1) is 0 Å². The average molecular weight is 378 g/mol. The number of halogens is 1. The maximum absolute atomic E-state index is 12.8. The Bertz CT molecular complexity index is 824. The molecule has 0 bridgehead atoms. The molecule has 0 saturated heterocycles. The fourth-order valence-corrected chi connectivity index (χ4v) is 2.51. The summed E-state index contributed by atoms with van der Waals surface area (Å²) in [5.74, 6) is 0.00227. The van der Waals surface area contributed by atoms with Gasteiger partial charge in [0.1, 0.15) is 5.75 Å². The van der Waals surface area contributed by atoms with Crippen LogP contribution in [0.4, 0.5) is 17.1 Å². The van der Waals surface area contributed by atoms with Gasteiger partial charge in [0, 0.05) is 36.9 Å². The fraction of sp³-hybridized carbons (Fsp3) is 0.278. The average Bonchev–Trinajstić information content (AvgIpc) is 2.60. The van der Waals surface area contributed by atoms with Crippen molar-refractivity contribution in [3.05, 3.63) is 57.1 Å². The Hall–Kier alpha value is -2.80. The Morgan fingerprint density at radius 1 is 1.27 bits per heavy atom. The van der Waals surface area contributed by atoms with Crippen LogP contribution in [0.2, 0.25) is 5.02 Å². The monoisotopic (exact) mass is 377 g/mol. The second-order valence-electron chi connectivity index (χ2n) is 5.80. The third-order valence-corrected chi connectivity index (χ3v) is 3.80. The topological polar surface area (TPSA) is 84.7 Å². The fourth-order valence-electron chi connectivity index (χ4n) is 2.34. The quantitative estimate of drug-likeness (QED) is 0.572. The molecule has 0 radical (unpaired) electrons. The van der Waals surface area contributed by atoms with Crippen molar-refractivity contribution in [3.8, 4) is 5.75 Å². The lowest BCUT2D eigenvalue weighted by molar-refractivity contribution is -0.384. The number of carbonyl (C=O) groups excluding carboxylic acids is 1. The Morgan fingerprint density at radius 2 is 2.00 bits per heavy atom. The number of nitrogens with one attached hydrogen (secondary N) is 1. The molecule has 0 atom stereocenters. The molecular formula is C18H20ClN3O4. The van der Waals surface area contributed by atoms with Crippen LogP contribution >= 0.6 is 11.6 Å². The predicted octanol–water partition coefficient (Wildman–Crippen LogP) is 4.36. The minimum absolute atomic E-state index is 0.158. The highest BCUT2D eigenvalue weighted by Crippen LogP contribution is 2.30. The number of nitrogens with zero attached hydrogens (tertiary/aromatic N) is 2. The van der Waals surface area contributed by atoms with E-state index in [2.05, 4.69) is 5.32 Å². The number of benzene rings is 2. The number of anilines is 2. The molecule has 0 aromatic heterocycles. The molecular weight excluding hydrogens is 358 g/mol. The number of nitro groups is 1. The normalized spacial score (nSPS) is 10.3. The molecule has 0 unspecified atom stereocenters.